The summed E-state index contributed by atoms with van der Waals surface area (Å²) in [5, 5.41) is 0. The van der Waals surface area contributed by atoms with Crippen LogP contribution in [-0.2, 0) is 4.79 Å². The molecule has 0 spiro atoms. The number of pyridine rings is 1. The quantitative estimate of drug-likeness (QED) is 0.603. The van der Waals surface area contributed by atoms with Crippen LogP contribution in [0.2, 0.25) is 0 Å². The van der Waals surface area contributed by atoms with Gasteiger partial charge in [-0.3, -0.25) is 4.79 Å². The fourth-order valence-electron chi connectivity index (χ4n) is 2.30. The molecule has 0 bridgehead atoms. The molecule has 1 atom stereocenters. The van der Waals surface area contributed by atoms with Crippen LogP contribution in [-0.4, -0.2) is 41.5 Å². The number of amides is 1. The molecule has 19 heavy (non-hydrogen) atoms. The first-order chi connectivity index (χ1) is 9.11. The van der Waals surface area contributed by atoms with Gasteiger partial charge in [-0.05, 0) is 32.1 Å². The van der Waals surface area contributed by atoms with Crippen molar-refractivity contribution < 1.29 is 9.18 Å². The highest BCUT2D eigenvalue weighted by Crippen LogP contribution is 2.18. The Bertz CT molecular complexity index is 489. The second-order valence-electron chi connectivity index (χ2n) is 4.65. The molecule has 1 aliphatic rings. The molecule has 1 fully saturated rings. The monoisotopic (exact) mass is 263 g/mol. The lowest BCUT2D eigenvalue weighted by Gasteiger charge is -2.40. The van der Waals surface area contributed by atoms with Crippen LogP contribution in [0.1, 0.15) is 13.8 Å². The Labute approximate surface area is 112 Å². The lowest BCUT2D eigenvalue weighted by Crippen LogP contribution is -2.53. The fourth-order valence-corrected chi connectivity index (χ4v) is 2.30. The molecule has 0 aromatic carbocycles. The van der Waals surface area contributed by atoms with E-state index in [9.17, 15) is 9.18 Å². The minimum atomic E-state index is -0.475. The molecule has 1 aliphatic heterocycles. The van der Waals surface area contributed by atoms with Crippen molar-refractivity contribution in [3.05, 3.63) is 36.3 Å². The van der Waals surface area contributed by atoms with Crippen molar-refractivity contribution in [2.75, 3.05) is 24.5 Å². The third-order valence-corrected chi connectivity index (χ3v) is 3.24. The zero-order chi connectivity index (χ0) is 13.8. The average molecular weight is 263 g/mol. The smallest absolute Gasteiger partial charge is 0.246 e. The molecule has 1 aromatic heterocycles. The number of halogens is 1. The van der Waals surface area contributed by atoms with Crippen molar-refractivity contribution in [2.24, 2.45) is 0 Å². The van der Waals surface area contributed by atoms with Gasteiger partial charge in [0.25, 0.3) is 0 Å². The molecule has 1 aromatic rings. The summed E-state index contributed by atoms with van der Waals surface area (Å²) in [6.45, 7) is 5.77. The van der Waals surface area contributed by atoms with Crippen molar-refractivity contribution in [1.82, 2.24) is 9.88 Å². The Kier molecular flexibility index (Phi) is 4.14. The number of nitrogens with zero attached hydrogens (tertiary/aromatic N) is 3. The van der Waals surface area contributed by atoms with Crippen molar-refractivity contribution in [1.29, 1.82) is 0 Å². The van der Waals surface area contributed by atoms with Gasteiger partial charge >= 0.3 is 0 Å². The number of hydrogen-bond acceptors (Lipinski definition) is 3. The maximum absolute atomic E-state index is 13.1. The first-order valence-corrected chi connectivity index (χ1v) is 6.42. The highest BCUT2D eigenvalue weighted by atomic mass is 19.1. The molecule has 0 aliphatic carbocycles. The zero-order valence-corrected chi connectivity index (χ0v) is 11.2. The van der Waals surface area contributed by atoms with E-state index in [-0.39, 0.29) is 11.9 Å². The minimum absolute atomic E-state index is 0.0289. The topological polar surface area (TPSA) is 36.4 Å². The largest absolute Gasteiger partial charge is 0.350 e. The molecule has 4 nitrogen and oxygen atoms in total. The Balaban J connectivity index is 2.07. The third kappa shape index (κ3) is 3.10. The van der Waals surface area contributed by atoms with Crippen molar-refractivity contribution >= 4 is 11.7 Å². The molecule has 1 saturated heterocycles. The molecule has 102 valence electrons. The standard InChI is InChI=1S/C14H18FN3O/c1-3-5-14(19)17-8-9-18(11(2)10-17)13-7-4-6-12(15)16-13/h3-7,11H,8-10H2,1-2H3/b5-3+. The number of carbonyl (C=O) groups excluding carboxylic acids is 1. The predicted octanol–water partition coefficient (Wildman–Crippen LogP) is 1.83. The summed E-state index contributed by atoms with van der Waals surface area (Å²) < 4.78 is 13.1. The van der Waals surface area contributed by atoms with E-state index in [0.717, 1.165) is 0 Å². The molecule has 0 radical (unpaired) electrons. The summed E-state index contributed by atoms with van der Waals surface area (Å²) in [5.41, 5.74) is 0. The predicted molar refractivity (Wildman–Crippen MR) is 72.4 cm³/mol. The normalized spacial score (nSPS) is 20.1. The summed E-state index contributed by atoms with van der Waals surface area (Å²) >= 11 is 0. The first kappa shape index (κ1) is 13.5. The highest BCUT2D eigenvalue weighted by molar-refractivity contribution is 5.87. The molecule has 2 rings (SSSR count). The molecule has 5 heteroatoms. The van der Waals surface area contributed by atoms with Crippen LogP contribution < -0.4 is 4.90 Å². The molecule has 1 amide bonds. The molecule has 0 saturated carbocycles. The Morgan fingerprint density at radius 3 is 2.89 bits per heavy atom. The van der Waals surface area contributed by atoms with Gasteiger partial charge < -0.3 is 9.80 Å². The number of hydrogen-bond donors (Lipinski definition) is 0. The number of piperazine rings is 1. The van der Waals surface area contributed by atoms with Crippen LogP contribution in [0.4, 0.5) is 10.2 Å². The summed E-state index contributed by atoms with van der Waals surface area (Å²) in [4.78, 5) is 19.5. The van der Waals surface area contributed by atoms with Crippen LogP contribution in [0.15, 0.2) is 30.4 Å². The maximum Gasteiger partial charge on any atom is 0.246 e. The number of allylic oxidation sites excluding steroid dienone is 1. The van der Waals surface area contributed by atoms with Gasteiger partial charge in [0.05, 0.1) is 0 Å². The van der Waals surface area contributed by atoms with Crippen LogP contribution in [0.5, 0.6) is 0 Å². The summed E-state index contributed by atoms with van der Waals surface area (Å²) in [6, 6.07) is 4.90. The van der Waals surface area contributed by atoms with E-state index in [0.29, 0.717) is 25.5 Å². The van der Waals surface area contributed by atoms with E-state index in [1.807, 2.05) is 18.7 Å². The van der Waals surface area contributed by atoms with E-state index < -0.39 is 5.95 Å². The van der Waals surface area contributed by atoms with Crippen molar-refractivity contribution in [2.45, 2.75) is 19.9 Å². The molecular formula is C14H18FN3O. The van der Waals surface area contributed by atoms with Gasteiger partial charge in [0.1, 0.15) is 5.82 Å². The van der Waals surface area contributed by atoms with Crippen molar-refractivity contribution in [3.8, 4) is 0 Å². The Morgan fingerprint density at radius 1 is 1.47 bits per heavy atom. The fraction of sp³-hybridized carbons (Fsp3) is 0.429. The van der Waals surface area contributed by atoms with Crippen LogP contribution >= 0.6 is 0 Å². The van der Waals surface area contributed by atoms with Crippen LogP contribution in [0.25, 0.3) is 0 Å². The van der Waals surface area contributed by atoms with Gasteiger partial charge in [-0.15, -0.1) is 0 Å². The van der Waals surface area contributed by atoms with Crippen molar-refractivity contribution in [3.63, 3.8) is 0 Å². The highest BCUT2D eigenvalue weighted by Gasteiger charge is 2.26. The van der Waals surface area contributed by atoms with E-state index in [1.165, 1.54) is 6.07 Å². The number of rotatable bonds is 2. The molecule has 2 heterocycles. The minimum Gasteiger partial charge on any atom is -0.350 e. The van der Waals surface area contributed by atoms with Gasteiger partial charge in [0, 0.05) is 25.7 Å². The van der Waals surface area contributed by atoms with Gasteiger partial charge in [-0.25, -0.2) is 4.98 Å². The van der Waals surface area contributed by atoms with Gasteiger partial charge in [-0.2, -0.15) is 4.39 Å². The third-order valence-electron chi connectivity index (χ3n) is 3.24. The van der Waals surface area contributed by atoms with E-state index in [2.05, 4.69) is 4.98 Å². The Morgan fingerprint density at radius 2 is 2.26 bits per heavy atom. The van der Waals surface area contributed by atoms with E-state index in [1.54, 1.807) is 29.2 Å². The molecular weight excluding hydrogens is 245 g/mol. The Hall–Kier alpha value is -1.91. The molecule has 0 N–H and O–H groups in total. The lowest BCUT2D eigenvalue weighted by molar-refractivity contribution is -0.126. The summed E-state index contributed by atoms with van der Waals surface area (Å²) in [6.07, 6.45) is 3.32. The summed E-state index contributed by atoms with van der Waals surface area (Å²) in [5.74, 6) is 0.184. The second-order valence-corrected chi connectivity index (χ2v) is 4.65. The van der Waals surface area contributed by atoms with E-state index >= 15 is 0 Å². The SMILES string of the molecule is C/C=C/C(=O)N1CCN(c2cccc(F)n2)C(C)C1. The maximum atomic E-state index is 13.1. The molecule has 1 unspecified atom stereocenters. The van der Waals surface area contributed by atoms with Gasteiger partial charge in [-0.1, -0.05) is 12.1 Å². The average Bonchev–Trinajstić information content (AvgIpc) is 2.38. The van der Waals surface area contributed by atoms with E-state index in [4.69, 9.17) is 0 Å². The summed E-state index contributed by atoms with van der Waals surface area (Å²) in [7, 11) is 0. The lowest BCUT2D eigenvalue weighted by atomic mass is 10.2. The van der Waals surface area contributed by atoms with Crippen LogP contribution in [0, 0.1) is 5.95 Å². The number of anilines is 1. The van der Waals surface area contributed by atoms with Crippen LogP contribution in [0.3, 0.4) is 0 Å². The zero-order valence-electron chi connectivity index (χ0n) is 11.2. The van der Waals surface area contributed by atoms with Gasteiger partial charge in [0.2, 0.25) is 11.9 Å². The number of aromatic nitrogens is 1. The van der Waals surface area contributed by atoms with Gasteiger partial charge in [0.15, 0.2) is 0 Å². The first-order valence-electron chi connectivity index (χ1n) is 6.42. The second kappa shape index (κ2) is 5.82. The number of carbonyl (C=O) groups is 1.